The summed E-state index contributed by atoms with van der Waals surface area (Å²) < 4.78 is 67.0. The molecule has 4 atom stereocenters. The minimum atomic E-state index is -4.01. The first-order valence-corrected chi connectivity index (χ1v) is 24.8. The lowest BCUT2D eigenvalue weighted by atomic mass is 9.88. The van der Waals surface area contributed by atoms with Crippen molar-refractivity contribution in [3.8, 4) is 22.7 Å². The predicted molar refractivity (Wildman–Crippen MR) is 230 cm³/mol. The number of halogens is 2. The fourth-order valence-electron chi connectivity index (χ4n) is 10.2. The van der Waals surface area contributed by atoms with Gasteiger partial charge in [0, 0.05) is 17.5 Å². The van der Waals surface area contributed by atoms with Crippen LogP contribution in [0.5, 0.6) is 0 Å². The summed E-state index contributed by atoms with van der Waals surface area (Å²) in [6.45, 7) is 22.7. The van der Waals surface area contributed by atoms with Crippen LogP contribution >= 0.6 is 0 Å². The molecule has 0 N–H and O–H groups in total. The van der Waals surface area contributed by atoms with Gasteiger partial charge in [0.05, 0.1) is 40.5 Å². The number of carbonyl (C=O) groups is 1. The molecular formula is C45H57F2N5O4SSi. The van der Waals surface area contributed by atoms with Crippen LogP contribution in [0.2, 0.25) is 16.6 Å². The van der Waals surface area contributed by atoms with E-state index in [9.17, 15) is 13.2 Å². The van der Waals surface area contributed by atoms with Crippen LogP contribution in [0.4, 0.5) is 19.4 Å². The highest BCUT2D eigenvalue weighted by atomic mass is 32.2. The lowest BCUT2D eigenvalue weighted by molar-refractivity contribution is 0.00693. The Morgan fingerprint density at radius 3 is 2.24 bits per heavy atom. The quantitative estimate of drug-likeness (QED) is 0.107. The van der Waals surface area contributed by atoms with Crippen LogP contribution in [-0.2, 0) is 14.6 Å². The van der Waals surface area contributed by atoms with Crippen molar-refractivity contribution < 1.29 is 26.7 Å². The van der Waals surface area contributed by atoms with Crippen molar-refractivity contribution in [1.29, 1.82) is 0 Å². The van der Waals surface area contributed by atoms with Crippen LogP contribution in [0.15, 0.2) is 35.5 Å². The van der Waals surface area contributed by atoms with Gasteiger partial charge < -0.3 is 9.64 Å². The van der Waals surface area contributed by atoms with Gasteiger partial charge in [0.15, 0.2) is 5.82 Å². The van der Waals surface area contributed by atoms with Crippen LogP contribution in [0, 0.1) is 23.1 Å². The molecule has 0 radical (unpaired) electrons. The van der Waals surface area contributed by atoms with Crippen LogP contribution in [0.3, 0.4) is 0 Å². The van der Waals surface area contributed by atoms with Crippen molar-refractivity contribution in [1.82, 2.24) is 19.9 Å². The summed E-state index contributed by atoms with van der Waals surface area (Å²) in [6, 6.07) is 7.84. The number of piperazine rings is 1. The molecule has 5 heterocycles. The first kappa shape index (κ1) is 42.0. The minimum Gasteiger partial charge on any atom is -0.444 e. The average molecular weight is 830 g/mol. The molecule has 13 heteroatoms. The van der Waals surface area contributed by atoms with Gasteiger partial charge in [-0.15, -0.1) is 5.54 Å². The van der Waals surface area contributed by atoms with E-state index in [1.54, 1.807) is 18.2 Å². The maximum absolute atomic E-state index is 17.7. The number of hydrogen-bond donors (Lipinski definition) is 0. The second-order valence-electron chi connectivity index (χ2n) is 18.5. The van der Waals surface area contributed by atoms with Gasteiger partial charge >= 0.3 is 6.09 Å². The Labute approximate surface area is 343 Å². The molecule has 2 saturated heterocycles. The van der Waals surface area contributed by atoms with Crippen molar-refractivity contribution in [3.05, 3.63) is 53.2 Å². The molecule has 3 aliphatic heterocycles. The van der Waals surface area contributed by atoms with Gasteiger partial charge in [-0.1, -0.05) is 85.6 Å². The van der Waals surface area contributed by atoms with E-state index in [1.165, 1.54) is 13.0 Å². The van der Waals surface area contributed by atoms with E-state index >= 15 is 8.78 Å². The second kappa shape index (κ2) is 15.1. The average Bonchev–Trinajstić information content (AvgIpc) is 3.48. The van der Waals surface area contributed by atoms with Crippen molar-refractivity contribution in [2.75, 3.05) is 17.2 Å². The standard InChI is InChI=1S/C45H57F2N5O4SSi/c1-12-57(54,55)43-49-41-37-39(28(8)16-20-34-35-21-18-30(24-51(34)42(37)50-43)52(35)44(53)56-45(9,10)11)48-40(38(41)47)32-15-13-14-29-17-19-33(46)31(36(29)32)22-23-58(25(2)3,26(4)5)27(6)7/h13-15,17,19,25-28,30,34-35H,12,16,18,20-21,24H2,1-11H3/t28-,30+,34+,35-/m0/s1. The van der Waals surface area contributed by atoms with Gasteiger partial charge in [-0.05, 0) is 80.4 Å². The molecule has 4 aromatic rings. The lowest BCUT2D eigenvalue weighted by Gasteiger charge is -2.48. The van der Waals surface area contributed by atoms with Gasteiger partial charge in [-0.2, -0.15) is 0 Å². The molecular weight excluding hydrogens is 773 g/mol. The number of pyridine rings is 1. The van der Waals surface area contributed by atoms with E-state index in [4.69, 9.17) is 14.7 Å². The summed E-state index contributed by atoms with van der Waals surface area (Å²) >= 11 is 0. The Morgan fingerprint density at radius 1 is 0.931 bits per heavy atom. The predicted octanol–water partition coefficient (Wildman–Crippen LogP) is 10.3. The molecule has 58 heavy (non-hydrogen) atoms. The normalized spacial score (nSPS) is 21.0. The molecule has 2 bridgehead atoms. The minimum absolute atomic E-state index is 0.0369. The van der Waals surface area contributed by atoms with Crippen LogP contribution in [-0.4, -0.2) is 78.5 Å². The smallest absolute Gasteiger partial charge is 0.410 e. The number of rotatable bonds is 6. The molecule has 2 aromatic heterocycles. The Bertz CT molecular complexity index is 2450. The molecule has 0 spiro atoms. The molecule has 9 nitrogen and oxygen atoms in total. The third-order valence-electron chi connectivity index (χ3n) is 13.0. The first-order valence-electron chi connectivity index (χ1n) is 20.9. The van der Waals surface area contributed by atoms with Crippen molar-refractivity contribution in [3.63, 3.8) is 0 Å². The van der Waals surface area contributed by atoms with E-state index in [0.717, 1.165) is 12.8 Å². The molecule has 0 unspecified atom stereocenters. The number of nitrogens with zero attached hydrogens (tertiary/aromatic N) is 5. The number of sulfone groups is 1. The zero-order valence-corrected chi connectivity index (χ0v) is 37.5. The number of amides is 1. The molecule has 1 amide bonds. The van der Waals surface area contributed by atoms with Crippen molar-refractivity contribution in [2.24, 2.45) is 0 Å². The fraction of sp³-hybridized carbons (Fsp3) is 0.556. The highest BCUT2D eigenvalue weighted by Crippen LogP contribution is 2.47. The van der Waals surface area contributed by atoms with E-state index in [1.807, 2.05) is 38.7 Å². The molecule has 2 fully saturated rings. The molecule has 7 rings (SSSR count). The molecule has 310 valence electrons. The second-order valence-corrected chi connectivity index (χ2v) is 26.2. The number of carbonyl (C=O) groups excluding carboxylic acids is 1. The number of benzene rings is 2. The summed E-state index contributed by atoms with van der Waals surface area (Å²) in [5.74, 6) is 1.84. The molecule has 0 aliphatic carbocycles. The summed E-state index contributed by atoms with van der Waals surface area (Å²) in [6.07, 6.45) is 2.44. The number of fused-ring (bicyclic) bond motifs is 6. The monoisotopic (exact) mass is 829 g/mol. The number of aromatic nitrogens is 3. The van der Waals surface area contributed by atoms with Gasteiger partial charge in [-0.3, -0.25) is 4.90 Å². The van der Waals surface area contributed by atoms with Gasteiger partial charge in [-0.25, -0.2) is 36.9 Å². The summed E-state index contributed by atoms with van der Waals surface area (Å²) in [5.41, 5.74) is 4.88. The maximum atomic E-state index is 17.7. The van der Waals surface area contributed by atoms with E-state index in [0.29, 0.717) is 69.2 Å². The zero-order chi connectivity index (χ0) is 42.2. The topological polar surface area (TPSA) is 106 Å². The van der Waals surface area contributed by atoms with Gasteiger partial charge in [0.2, 0.25) is 15.0 Å². The van der Waals surface area contributed by atoms with Crippen LogP contribution in [0.1, 0.15) is 119 Å². The molecule has 3 aliphatic rings. The summed E-state index contributed by atoms with van der Waals surface area (Å²) in [5, 5.41) is 1.05. The number of ether oxygens (including phenoxy) is 1. The Hall–Kier alpha value is -4.15. The van der Waals surface area contributed by atoms with E-state index in [-0.39, 0.29) is 52.7 Å². The fourth-order valence-corrected chi connectivity index (χ4v) is 16.2. The summed E-state index contributed by atoms with van der Waals surface area (Å²) in [7, 11) is -6.30. The highest BCUT2D eigenvalue weighted by molar-refractivity contribution is 7.91. The SMILES string of the molecule is CCS(=O)(=O)c1nc2c3c(nc(-c4cccc5ccc(F)c(C#C[Si](C(C)C)(C(C)C)C(C)C)c45)c(F)c3n1)[C@@H](C)CC[C@@H]1[C@@H]3CC[C@H](CN21)N3C(=O)OC(C)(C)C. The highest BCUT2D eigenvalue weighted by Gasteiger charge is 2.51. The maximum Gasteiger partial charge on any atom is 0.410 e. The van der Waals surface area contributed by atoms with E-state index < -0.39 is 40.3 Å². The van der Waals surface area contributed by atoms with E-state index in [2.05, 4.69) is 62.9 Å². The summed E-state index contributed by atoms with van der Waals surface area (Å²) in [4.78, 5) is 31.9. The molecule has 2 aromatic carbocycles. The molecule has 0 saturated carbocycles. The van der Waals surface area contributed by atoms with Gasteiger partial charge in [0.25, 0.3) is 0 Å². The largest absolute Gasteiger partial charge is 0.444 e. The van der Waals surface area contributed by atoms with Crippen molar-refractivity contribution in [2.45, 2.75) is 153 Å². The Balaban J connectivity index is 1.49. The zero-order valence-electron chi connectivity index (χ0n) is 35.7. The Kier molecular flexibility index (Phi) is 11.0. The number of anilines is 1. The van der Waals surface area contributed by atoms with Gasteiger partial charge in [0.1, 0.15) is 36.5 Å². The third-order valence-corrected chi connectivity index (χ3v) is 20.8. The van der Waals surface area contributed by atoms with Crippen LogP contribution in [0.25, 0.3) is 32.9 Å². The lowest BCUT2D eigenvalue weighted by Crippen LogP contribution is -2.62. The first-order chi connectivity index (χ1) is 27.2. The Morgan fingerprint density at radius 2 is 1.60 bits per heavy atom. The third kappa shape index (κ3) is 6.95. The van der Waals surface area contributed by atoms with Crippen LogP contribution < -0.4 is 4.90 Å². The number of hydrogen-bond acceptors (Lipinski definition) is 8. The van der Waals surface area contributed by atoms with Crippen molar-refractivity contribution >= 4 is 51.5 Å².